The van der Waals surface area contributed by atoms with Crippen LogP contribution >= 0.6 is 23.2 Å². The Morgan fingerprint density at radius 3 is 0.543 bits per heavy atom. The van der Waals surface area contributed by atoms with Gasteiger partial charge in [0.05, 0.1) is 40.9 Å². The number of benzene rings is 10. The van der Waals surface area contributed by atoms with Crippen molar-refractivity contribution in [1.29, 1.82) is 0 Å². The molecule has 0 spiro atoms. The molecular formula is C82H86Cl2O10. The number of hydrogen-bond acceptors (Lipinski definition) is 10. The highest BCUT2D eigenvalue weighted by molar-refractivity contribution is 6.40. The maximum absolute atomic E-state index is 6.90. The van der Waals surface area contributed by atoms with Gasteiger partial charge in [0, 0.05) is 87.7 Å². The third-order valence-corrected chi connectivity index (χ3v) is 16.4. The van der Waals surface area contributed by atoms with Crippen molar-refractivity contribution in [1.82, 2.24) is 0 Å². The molecule has 12 heteroatoms. The summed E-state index contributed by atoms with van der Waals surface area (Å²) in [6, 6.07) is 71.9. The number of methoxy groups -OCH3 is 5. The average molecular weight is 1300 g/mol. The molecule has 10 aliphatic carbocycles. The second kappa shape index (κ2) is 36.3. The predicted molar refractivity (Wildman–Crippen MR) is 379 cm³/mol. The highest BCUT2D eigenvalue weighted by Gasteiger charge is 2.25. The van der Waals surface area contributed by atoms with Crippen molar-refractivity contribution in [3.05, 3.63) is 296 Å². The molecule has 10 nitrogen and oxygen atoms in total. The van der Waals surface area contributed by atoms with E-state index in [-0.39, 0.29) is 5.34 Å². The standard InChI is InChI=1S/C75H70O10.C6H14.CH2Cl2/c1-76-66-36-61-32-57-42-73(83-48-53-25-15-8-16-26-53)63(38-68(57)78-3)34-59-44-75(85-50-55-29-19-10-20-30-55)65(40-70(59)80-5)35-60-45-74(84-49-54-27-17-9-18-28-54)64(39-69(60)79-4)33-58-43-72(82-47-52-23-13-7-14-24-52)62(37-67(58)77-2)31-56(66)41-71(61)81-46-51-21-11-6-12-22-51;1-3-5-6-4-2;2-1-3/h6-30,36-45H,31-35,46-50H2,1-5H3;3-6H2,1-2H3;1H2. The number of unbranched alkanes of at least 4 members (excludes halogenated alkanes) is 3. The Morgan fingerprint density at radius 2 is 0.394 bits per heavy atom. The maximum Gasteiger partial charge on any atom is 0.123 e. The van der Waals surface area contributed by atoms with Crippen LogP contribution in [0.1, 0.15) is 123 Å². The van der Waals surface area contributed by atoms with Gasteiger partial charge in [-0.15, -0.1) is 23.2 Å². The Kier molecular flexibility index (Phi) is 26.7. The van der Waals surface area contributed by atoms with Gasteiger partial charge in [-0.25, -0.2) is 0 Å². The van der Waals surface area contributed by atoms with E-state index >= 15 is 0 Å². The number of rotatable bonds is 23. The fourth-order valence-electron chi connectivity index (χ4n) is 11.4. The van der Waals surface area contributed by atoms with Crippen molar-refractivity contribution in [3.8, 4) is 57.5 Å². The molecule has 0 N–H and O–H groups in total. The molecule has 488 valence electrons. The normalized spacial score (nSPS) is 11.5. The highest BCUT2D eigenvalue weighted by Crippen LogP contribution is 2.43. The van der Waals surface area contributed by atoms with E-state index in [9.17, 15) is 0 Å². The SMILES string of the molecule is CCCCCC.COc1cc2c(OCc3ccccc3)cc1Cc1cc(OC)c(cc1OCc1ccccc1)Cc1cc(OC)c(cc1OCc1ccccc1)Cc1cc(OC)c(cc1OCc1ccccc1)Cc1cc(OC)c(cc1OCc1ccccc1)C2.ClCCl. The van der Waals surface area contributed by atoms with Gasteiger partial charge < -0.3 is 47.4 Å². The zero-order valence-electron chi connectivity index (χ0n) is 55.2. The fourth-order valence-corrected chi connectivity index (χ4v) is 11.4. The first-order chi connectivity index (χ1) is 46.2. The minimum Gasteiger partial charge on any atom is -0.496 e. The summed E-state index contributed by atoms with van der Waals surface area (Å²) < 4.78 is 66.2. The molecule has 0 amide bonds. The van der Waals surface area contributed by atoms with Crippen LogP contribution in [0.15, 0.2) is 212 Å². The Labute approximate surface area is 566 Å². The van der Waals surface area contributed by atoms with Gasteiger partial charge in [-0.1, -0.05) is 191 Å². The molecule has 10 aromatic carbocycles. The van der Waals surface area contributed by atoms with Gasteiger partial charge >= 0.3 is 0 Å². The van der Waals surface area contributed by atoms with Gasteiger partial charge in [0.2, 0.25) is 0 Å². The third-order valence-electron chi connectivity index (χ3n) is 16.4. The van der Waals surface area contributed by atoms with E-state index in [1.54, 1.807) is 35.5 Å². The number of halogens is 2. The number of ether oxygens (including phenoxy) is 10. The molecule has 0 fully saturated rings. The summed E-state index contributed by atoms with van der Waals surface area (Å²) in [5, 5.41) is 0.194. The summed E-state index contributed by atoms with van der Waals surface area (Å²) >= 11 is 9.53. The molecule has 10 bridgehead atoms. The van der Waals surface area contributed by atoms with E-state index in [1.165, 1.54) is 25.7 Å². The third kappa shape index (κ3) is 19.4. The first-order valence-corrected chi connectivity index (χ1v) is 33.2. The van der Waals surface area contributed by atoms with Crippen molar-refractivity contribution >= 4 is 23.2 Å². The monoisotopic (exact) mass is 1300 g/mol. The Morgan fingerprint density at radius 1 is 0.245 bits per heavy atom. The smallest absolute Gasteiger partial charge is 0.123 e. The van der Waals surface area contributed by atoms with Gasteiger partial charge in [0.25, 0.3) is 0 Å². The van der Waals surface area contributed by atoms with Crippen molar-refractivity contribution in [2.75, 3.05) is 40.9 Å². The van der Waals surface area contributed by atoms with Crippen LogP contribution in [0.3, 0.4) is 0 Å². The van der Waals surface area contributed by atoms with Gasteiger partial charge in [-0.2, -0.15) is 0 Å². The topological polar surface area (TPSA) is 92.3 Å². The first kappa shape index (κ1) is 69.1. The molecule has 0 radical (unpaired) electrons. The predicted octanol–water partition coefficient (Wildman–Crippen LogP) is 19.9. The summed E-state index contributed by atoms with van der Waals surface area (Å²) in [5.74, 6) is 6.95. The lowest BCUT2D eigenvalue weighted by Crippen LogP contribution is -2.07. The van der Waals surface area contributed by atoms with Gasteiger partial charge in [-0.05, 0) is 88.5 Å². The summed E-state index contributed by atoms with van der Waals surface area (Å²) in [6.45, 7) is 6.18. The fraction of sp³-hybridized carbons (Fsp3) is 0.268. The lowest BCUT2D eigenvalue weighted by Gasteiger charge is -2.21. The number of hydrogen-bond donors (Lipinski definition) is 0. The van der Waals surface area contributed by atoms with Crippen LogP contribution in [0.4, 0.5) is 0 Å². The minimum atomic E-state index is 0.194. The summed E-state index contributed by atoms with van der Waals surface area (Å²) in [4.78, 5) is 0. The molecule has 0 heterocycles. The highest BCUT2D eigenvalue weighted by atomic mass is 35.5. The second-order valence-corrected chi connectivity index (χ2v) is 23.7. The van der Waals surface area contributed by atoms with E-state index in [2.05, 4.69) is 135 Å². The van der Waals surface area contributed by atoms with Crippen LogP contribution in [-0.4, -0.2) is 40.9 Å². The van der Waals surface area contributed by atoms with E-state index in [0.29, 0.717) is 123 Å². The van der Waals surface area contributed by atoms with E-state index in [4.69, 9.17) is 70.6 Å². The van der Waals surface area contributed by atoms with Crippen molar-refractivity contribution in [2.45, 2.75) is 105 Å². The lowest BCUT2D eigenvalue weighted by molar-refractivity contribution is 0.299. The molecule has 0 saturated carbocycles. The zero-order valence-corrected chi connectivity index (χ0v) is 56.7. The molecule has 0 aliphatic heterocycles. The maximum atomic E-state index is 6.90. The van der Waals surface area contributed by atoms with E-state index < -0.39 is 0 Å². The summed E-state index contributed by atoms with van der Waals surface area (Å²) in [6.07, 6.45) is 7.67. The molecule has 10 aromatic rings. The molecule has 0 unspecified atom stereocenters. The molecule has 0 saturated heterocycles. The van der Waals surface area contributed by atoms with Crippen LogP contribution in [0.2, 0.25) is 0 Å². The molecule has 20 rings (SSSR count). The van der Waals surface area contributed by atoms with Gasteiger partial charge in [-0.3, -0.25) is 0 Å². The van der Waals surface area contributed by atoms with E-state index in [0.717, 1.165) is 83.5 Å². The number of alkyl halides is 2. The Balaban J connectivity index is 0.00000108. The lowest BCUT2D eigenvalue weighted by atomic mass is 9.94. The Bertz CT molecular complexity index is 3350. The van der Waals surface area contributed by atoms with Crippen molar-refractivity contribution in [3.63, 3.8) is 0 Å². The quantitative estimate of drug-likeness (QED) is 0.0455. The Hall–Kier alpha value is -9.22. The second-order valence-electron chi connectivity index (χ2n) is 22.9. The van der Waals surface area contributed by atoms with Crippen LogP contribution in [0.5, 0.6) is 57.5 Å². The van der Waals surface area contributed by atoms with Gasteiger partial charge in [0.15, 0.2) is 0 Å². The first-order valence-electron chi connectivity index (χ1n) is 32.1. The molecule has 0 aromatic heterocycles. The molecule has 0 atom stereocenters. The molecular weight excluding hydrogens is 1220 g/mol. The van der Waals surface area contributed by atoms with E-state index in [1.807, 2.05) is 91.0 Å². The van der Waals surface area contributed by atoms with Crippen LogP contribution in [-0.2, 0) is 65.1 Å². The van der Waals surface area contributed by atoms with Crippen LogP contribution < -0.4 is 47.4 Å². The van der Waals surface area contributed by atoms with Crippen molar-refractivity contribution < 1.29 is 47.4 Å². The summed E-state index contributed by atoms with van der Waals surface area (Å²) in [7, 11) is 8.55. The zero-order chi connectivity index (χ0) is 65.9. The van der Waals surface area contributed by atoms with Crippen LogP contribution in [0.25, 0.3) is 0 Å². The van der Waals surface area contributed by atoms with Crippen LogP contribution in [0, 0.1) is 0 Å². The van der Waals surface area contributed by atoms with Crippen molar-refractivity contribution in [2.24, 2.45) is 0 Å². The largest absolute Gasteiger partial charge is 0.496 e. The molecule has 94 heavy (non-hydrogen) atoms. The average Bonchev–Trinajstić information content (AvgIpc) is 0.877. The summed E-state index contributed by atoms with van der Waals surface area (Å²) in [5.41, 5.74) is 14.2. The van der Waals surface area contributed by atoms with Gasteiger partial charge in [0.1, 0.15) is 90.5 Å². The molecule has 10 aliphatic rings. The minimum absolute atomic E-state index is 0.194.